The Kier molecular flexibility index (Phi) is 2.60. The number of hydrogen-bond donors (Lipinski definition) is 0. The van der Waals surface area contributed by atoms with E-state index in [4.69, 9.17) is 4.74 Å². The Labute approximate surface area is 85.8 Å². The van der Waals surface area contributed by atoms with Crippen molar-refractivity contribution < 1.29 is 9.53 Å². The first-order chi connectivity index (χ1) is 6.86. The van der Waals surface area contributed by atoms with Gasteiger partial charge in [-0.05, 0) is 18.2 Å². The van der Waals surface area contributed by atoms with Crippen molar-refractivity contribution in [1.29, 1.82) is 0 Å². The lowest BCUT2D eigenvalue weighted by Gasteiger charge is -1.99. The van der Waals surface area contributed by atoms with Gasteiger partial charge in [-0.3, -0.25) is 0 Å². The van der Waals surface area contributed by atoms with Crippen molar-refractivity contribution in [1.82, 2.24) is 0 Å². The van der Waals surface area contributed by atoms with Gasteiger partial charge in [-0.15, -0.1) is 11.3 Å². The minimum absolute atomic E-state index is 0.332. The van der Waals surface area contributed by atoms with Gasteiger partial charge in [-0.25, -0.2) is 4.79 Å². The quantitative estimate of drug-likeness (QED) is 0.701. The van der Waals surface area contributed by atoms with Crippen LogP contribution in [0.25, 0.3) is 0 Å². The molecule has 3 heteroatoms. The second-order valence-corrected chi connectivity index (χ2v) is 3.50. The maximum atomic E-state index is 11.5. The first-order valence-electron chi connectivity index (χ1n) is 4.08. The number of benzene rings is 1. The summed E-state index contributed by atoms with van der Waals surface area (Å²) in [7, 11) is 0. The van der Waals surface area contributed by atoms with Crippen LogP contribution in [-0.4, -0.2) is 5.97 Å². The average Bonchev–Trinajstić information content (AvgIpc) is 2.72. The molecular formula is C11H7O2S. The largest absolute Gasteiger partial charge is 0.412 e. The van der Waals surface area contributed by atoms with Crippen molar-refractivity contribution >= 4 is 17.3 Å². The standard InChI is InChI=1S/C11H7O2S/c12-11(9-5-2-1-3-6-9)13-10-7-4-8-14-10/h1-3,5-8H. The molecule has 2 nitrogen and oxygen atoms in total. The summed E-state index contributed by atoms with van der Waals surface area (Å²) in [5.74, 6) is -0.332. The zero-order valence-corrected chi connectivity index (χ0v) is 8.08. The van der Waals surface area contributed by atoms with Gasteiger partial charge in [0.25, 0.3) is 0 Å². The summed E-state index contributed by atoms with van der Waals surface area (Å²) in [6.07, 6.45) is 0. The Bertz CT molecular complexity index is 406. The summed E-state index contributed by atoms with van der Waals surface area (Å²) in [6.45, 7) is 0. The highest BCUT2D eigenvalue weighted by Gasteiger charge is 2.07. The summed E-state index contributed by atoms with van der Waals surface area (Å²) in [6, 6.07) is 13.4. The zero-order chi connectivity index (χ0) is 9.80. The van der Waals surface area contributed by atoms with E-state index in [9.17, 15) is 4.79 Å². The van der Waals surface area contributed by atoms with E-state index in [1.165, 1.54) is 11.3 Å². The van der Waals surface area contributed by atoms with Crippen LogP contribution in [0.2, 0.25) is 0 Å². The van der Waals surface area contributed by atoms with Crippen molar-refractivity contribution in [2.75, 3.05) is 0 Å². The van der Waals surface area contributed by atoms with Crippen molar-refractivity contribution in [3.8, 4) is 5.06 Å². The molecule has 0 saturated carbocycles. The lowest BCUT2D eigenvalue weighted by molar-refractivity contribution is 0.0740. The lowest BCUT2D eigenvalue weighted by Crippen LogP contribution is -2.06. The topological polar surface area (TPSA) is 26.3 Å². The van der Waals surface area contributed by atoms with Gasteiger partial charge in [-0.1, -0.05) is 18.2 Å². The van der Waals surface area contributed by atoms with Crippen LogP contribution >= 0.6 is 11.3 Å². The van der Waals surface area contributed by atoms with Crippen LogP contribution in [0.5, 0.6) is 5.06 Å². The third kappa shape index (κ3) is 2.00. The molecule has 0 spiro atoms. The highest BCUT2D eigenvalue weighted by atomic mass is 32.1. The Morgan fingerprint density at radius 1 is 1.29 bits per heavy atom. The minimum Gasteiger partial charge on any atom is -0.412 e. The summed E-state index contributed by atoms with van der Waals surface area (Å²) < 4.78 is 5.09. The van der Waals surface area contributed by atoms with Crippen LogP contribution in [-0.2, 0) is 0 Å². The maximum Gasteiger partial charge on any atom is 0.344 e. The van der Waals surface area contributed by atoms with Gasteiger partial charge in [0.2, 0.25) is 0 Å². The molecule has 0 bridgehead atoms. The van der Waals surface area contributed by atoms with Gasteiger partial charge in [-0.2, -0.15) is 0 Å². The van der Waals surface area contributed by atoms with Gasteiger partial charge in [0.15, 0.2) is 5.06 Å². The van der Waals surface area contributed by atoms with E-state index in [1.54, 1.807) is 35.7 Å². The highest BCUT2D eigenvalue weighted by molar-refractivity contribution is 7.11. The molecule has 0 aliphatic carbocycles. The maximum absolute atomic E-state index is 11.5. The molecule has 2 aromatic rings. The fourth-order valence-electron chi connectivity index (χ4n) is 1.01. The summed E-state index contributed by atoms with van der Waals surface area (Å²) >= 11 is 1.35. The van der Waals surface area contributed by atoms with E-state index < -0.39 is 0 Å². The molecular weight excluding hydrogens is 196 g/mol. The van der Waals surface area contributed by atoms with Gasteiger partial charge in [0.05, 0.1) is 5.56 Å². The molecule has 1 aromatic carbocycles. The van der Waals surface area contributed by atoms with Gasteiger partial charge in [0, 0.05) is 11.4 Å². The smallest absolute Gasteiger partial charge is 0.344 e. The molecule has 1 heterocycles. The van der Waals surface area contributed by atoms with E-state index in [-0.39, 0.29) is 5.97 Å². The predicted molar refractivity (Wildman–Crippen MR) is 54.6 cm³/mol. The molecule has 0 N–H and O–H groups in total. The Balaban J connectivity index is 2.11. The Morgan fingerprint density at radius 3 is 2.71 bits per heavy atom. The van der Waals surface area contributed by atoms with Crippen molar-refractivity contribution in [2.24, 2.45) is 0 Å². The van der Waals surface area contributed by atoms with Crippen LogP contribution in [0.4, 0.5) is 0 Å². The van der Waals surface area contributed by atoms with Crippen LogP contribution in [0.1, 0.15) is 10.4 Å². The van der Waals surface area contributed by atoms with E-state index in [2.05, 4.69) is 6.07 Å². The second kappa shape index (κ2) is 4.07. The van der Waals surface area contributed by atoms with Crippen LogP contribution in [0, 0.1) is 6.07 Å². The van der Waals surface area contributed by atoms with Crippen LogP contribution < -0.4 is 4.74 Å². The Morgan fingerprint density at radius 2 is 2.07 bits per heavy atom. The molecule has 0 amide bonds. The molecule has 0 fully saturated rings. The number of esters is 1. The predicted octanol–water partition coefficient (Wildman–Crippen LogP) is 2.77. The fraction of sp³-hybridized carbons (Fsp3) is 0. The lowest BCUT2D eigenvalue weighted by atomic mass is 10.2. The normalized spacial score (nSPS) is 9.71. The first kappa shape index (κ1) is 8.97. The summed E-state index contributed by atoms with van der Waals surface area (Å²) in [5.41, 5.74) is 0.556. The van der Waals surface area contributed by atoms with Crippen molar-refractivity contribution in [2.45, 2.75) is 0 Å². The first-order valence-corrected chi connectivity index (χ1v) is 4.96. The van der Waals surface area contributed by atoms with Gasteiger partial charge < -0.3 is 4.74 Å². The fourth-order valence-corrected chi connectivity index (χ4v) is 1.52. The monoisotopic (exact) mass is 203 g/mol. The van der Waals surface area contributed by atoms with E-state index >= 15 is 0 Å². The van der Waals surface area contributed by atoms with Gasteiger partial charge in [0.1, 0.15) is 0 Å². The molecule has 0 atom stereocenters. The van der Waals surface area contributed by atoms with Gasteiger partial charge >= 0.3 is 5.97 Å². The average molecular weight is 203 g/mol. The molecule has 0 aliphatic rings. The third-order valence-electron chi connectivity index (χ3n) is 1.65. The summed E-state index contributed by atoms with van der Waals surface area (Å²) in [5, 5.41) is 2.31. The van der Waals surface area contributed by atoms with Crippen molar-refractivity contribution in [3.63, 3.8) is 0 Å². The molecule has 0 aliphatic heterocycles. The molecule has 14 heavy (non-hydrogen) atoms. The Hall–Kier alpha value is -1.61. The molecule has 2 rings (SSSR count). The number of rotatable bonds is 2. The number of hydrogen-bond acceptors (Lipinski definition) is 3. The highest BCUT2D eigenvalue weighted by Crippen LogP contribution is 2.18. The summed E-state index contributed by atoms with van der Waals surface area (Å²) in [4.78, 5) is 11.5. The minimum atomic E-state index is -0.332. The zero-order valence-electron chi connectivity index (χ0n) is 7.27. The third-order valence-corrected chi connectivity index (χ3v) is 2.33. The number of ether oxygens (including phenoxy) is 1. The van der Waals surface area contributed by atoms with Crippen LogP contribution in [0.15, 0.2) is 41.8 Å². The number of carbonyl (C=O) groups excluding carboxylic acids is 1. The molecule has 0 saturated heterocycles. The van der Waals surface area contributed by atoms with Crippen LogP contribution in [0.3, 0.4) is 0 Å². The number of carbonyl (C=O) groups is 1. The van der Waals surface area contributed by atoms with E-state index in [1.807, 2.05) is 6.07 Å². The molecule has 69 valence electrons. The van der Waals surface area contributed by atoms with E-state index in [0.717, 1.165) is 0 Å². The molecule has 1 aromatic heterocycles. The molecule has 1 radical (unpaired) electrons. The molecule has 0 unspecified atom stereocenters. The van der Waals surface area contributed by atoms with Crippen molar-refractivity contribution in [3.05, 3.63) is 53.4 Å². The second-order valence-electron chi connectivity index (χ2n) is 2.62. The SMILES string of the molecule is O=C(Oc1c[c]cs1)c1ccccc1. The van der Waals surface area contributed by atoms with E-state index in [0.29, 0.717) is 10.6 Å². The number of thiophene rings is 1.